The van der Waals surface area contributed by atoms with Crippen molar-refractivity contribution in [1.82, 2.24) is 0 Å². The van der Waals surface area contributed by atoms with Gasteiger partial charge in [0.05, 0.1) is 6.61 Å². The molecule has 0 aromatic carbocycles. The quantitative estimate of drug-likeness (QED) is 0.704. The molecular weight excluding hydrogens is 224 g/mol. The van der Waals surface area contributed by atoms with Gasteiger partial charge in [-0.15, -0.1) is 6.58 Å². The average molecular weight is 244 g/mol. The highest BCUT2D eigenvalue weighted by Crippen LogP contribution is 2.47. The highest BCUT2D eigenvalue weighted by atomic mass is 16.8. The number of aliphatic hydroxyl groups excluding tert-OH is 2. The van der Waals surface area contributed by atoms with E-state index in [1.807, 2.05) is 20.8 Å². The largest absolute Gasteiger partial charge is 0.393 e. The van der Waals surface area contributed by atoms with Gasteiger partial charge < -0.3 is 24.4 Å². The van der Waals surface area contributed by atoms with E-state index in [0.717, 1.165) is 0 Å². The zero-order valence-corrected chi connectivity index (χ0v) is 10.4. The molecule has 0 unspecified atom stereocenters. The summed E-state index contributed by atoms with van der Waals surface area (Å²) >= 11 is 0. The van der Waals surface area contributed by atoms with Gasteiger partial charge in [-0.05, 0) is 13.8 Å². The average Bonchev–Trinajstić information content (AvgIpc) is 2.70. The maximum atomic E-state index is 9.95. The molecule has 5 nitrogen and oxygen atoms in total. The second-order valence-electron chi connectivity index (χ2n) is 5.17. The van der Waals surface area contributed by atoms with Crippen molar-refractivity contribution in [2.75, 3.05) is 6.61 Å². The highest BCUT2D eigenvalue weighted by Gasteiger charge is 2.61. The lowest BCUT2D eigenvalue weighted by Gasteiger charge is -2.36. The maximum absolute atomic E-state index is 9.95. The van der Waals surface area contributed by atoms with Crippen LogP contribution in [0.4, 0.5) is 0 Å². The minimum Gasteiger partial charge on any atom is -0.393 e. The first-order valence-electron chi connectivity index (χ1n) is 5.81. The Labute approximate surface area is 101 Å². The van der Waals surface area contributed by atoms with Gasteiger partial charge in [-0.25, -0.2) is 0 Å². The first-order valence-corrected chi connectivity index (χ1v) is 5.81. The van der Waals surface area contributed by atoms with Crippen molar-refractivity contribution in [2.24, 2.45) is 5.92 Å². The van der Waals surface area contributed by atoms with E-state index in [-0.39, 0.29) is 18.6 Å². The van der Waals surface area contributed by atoms with Gasteiger partial charge in [0.1, 0.15) is 17.8 Å². The summed E-state index contributed by atoms with van der Waals surface area (Å²) in [5, 5.41) is 19.5. The Morgan fingerprint density at radius 2 is 2.00 bits per heavy atom. The fraction of sp³-hybridized carbons (Fsp3) is 0.833. The van der Waals surface area contributed by atoms with Crippen LogP contribution in [0.1, 0.15) is 20.8 Å². The van der Waals surface area contributed by atoms with Crippen LogP contribution in [-0.4, -0.2) is 46.7 Å². The number of fused-ring (bicyclic) bond motifs is 1. The number of ether oxygens (including phenoxy) is 3. The number of hydrogen-bond donors (Lipinski definition) is 2. The first-order chi connectivity index (χ1) is 7.86. The van der Waals surface area contributed by atoms with Crippen LogP contribution < -0.4 is 0 Å². The van der Waals surface area contributed by atoms with Crippen LogP contribution in [0.2, 0.25) is 0 Å². The third-order valence-electron chi connectivity index (χ3n) is 3.66. The Balaban J connectivity index is 2.24. The summed E-state index contributed by atoms with van der Waals surface area (Å²) in [5.74, 6) is -0.878. The highest BCUT2D eigenvalue weighted by molar-refractivity contribution is 5.08. The Bertz CT molecular complexity index is 316. The summed E-state index contributed by atoms with van der Waals surface area (Å²) in [6.45, 7) is 8.72. The molecule has 0 aliphatic carbocycles. The standard InChI is InChI=1S/C12H20O5/c1-5-8(14)12(6-13)7(2)9-10(17-12)16-11(3,4)15-9/h5,7-10,13-14H,1,6H2,2-4H3/t7-,8+,9+,10-,12-/m0/s1. The number of rotatable bonds is 3. The van der Waals surface area contributed by atoms with Gasteiger partial charge in [-0.2, -0.15) is 0 Å². The van der Waals surface area contributed by atoms with E-state index >= 15 is 0 Å². The Kier molecular flexibility index (Phi) is 3.08. The van der Waals surface area contributed by atoms with Crippen LogP contribution in [0, 0.1) is 5.92 Å². The van der Waals surface area contributed by atoms with Crippen LogP contribution in [0.25, 0.3) is 0 Å². The van der Waals surface area contributed by atoms with E-state index < -0.39 is 23.8 Å². The molecular formula is C12H20O5. The van der Waals surface area contributed by atoms with Crippen molar-refractivity contribution < 1.29 is 24.4 Å². The van der Waals surface area contributed by atoms with Gasteiger partial charge in [0.25, 0.3) is 0 Å². The van der Waals surface area contributed by atoms with Crippen LogP contribution >= 0.6 is 0 Å². The molecule has 2 saturated heterocycles. The van der Waals surface area contributed by atoms with E-state index in [0.29, 0.717) is 0 Å². The Morgan fingerprint density at radius 3 is 2.47 bits per heavy atom. The SMILES string of the molecule is C=C[C@@H](O)[C@@]1(CO)O[C@@H]2OC(C)(C)O[C@@H]2[C@@H]1C. The fourth-order valence-corrected chi connectivity index (χ4v) is 2.60. The molecule has 2 fully saturated rings. The zero-order chi connectivity index (χ0) is 12.8. The molecule has 0 aromatic heterocycles. The van der Waals surface area contributed by atoms with Crippen molar-refractivity contribution in [1.29, 1.82) is 0 Å². The van der Waals surface area contributed by atoms with Crippen LogP contribution in [0.5, 0.6) is 0 Å². The maximum Gasteiger partial charge on any atom is 0.188 e. The third kappa shape index (κ3) is 1.82. The normalized spacial score (nSPS) is 45.6. The van der Waals surface area contributed by atoms with Crippen molar-refractivity contribution in [3.63, 3.8) is 0 Å². The van der Waals surface area contributed by atoms with Crippen LogP contribution in [0.15, 0.2) is 12.7 Å². The van der Waals surface area contributed by atoms with E-state index in [2.05, 4.69) is 6.58 Å². The Morgan fingerprint density at radius 1 is 1.35 bits per heavy atom. The molecule has 2 aliphatic rings. The second-order valence-corrected chi connectivity index (χ2v) is 5.17. The lowest BCUT2D eigenvalue weighted by Crippen LogP contribution is -2.51. The van der Waals surface area contributed by atoms with Gasteiger partial charge in [-0.1, -0.05) is 13.0 Å². The lowest BCUT2D eigenvalue weighted by atomic mass is 9.83. The summed E-state index contributed by atoms with van der Waals surface area (Å²) in [6.07, 6.45) is -0.434. The molecule has 0 radical (unpaired) electrons. The topological polar surface area (TPSA) is 68.2 Å². The molecule has 2 aliphatic heterocycles. The molecule has 17 heavy (non-hydrogen) atoms. The van der Waals surface area contributed by atoms with Crippen LogP contribution in [0.3, 0.4) is 0 Å². The minimum atomic E-state index is -1.09. The van der Waals surface area contributed by atoms with Crippen molar-refractivity contribution in [2.45, 2.75) is 50.7 Å². The van der Waals surface area contributed by atoms with E-state index in [9.17, 15) is 10.2 Å². The lowest BCUT2D eigenvalue weighted by molar-refractivity contribution is -0.252. The summed E-state index contributed by atoms with van der Waals surface area (Å²) in [7, 11) is 0. The first kappa shape index (κ1) is 13.0. The molecule has 0 amide bonds. The zero-order valence-electron chi connectivity index (χ0n) is 10.4. The van der Waals surface area contributed by atoms with Gasteiger partial charge in [0, 0.05) is 5.92 Å². The fourth-order valence-electron chi connectivity index (χ4n) is 2.60. The molecule has 98 valence electrons. The van der Waals surface area contributed by atoms with Crippen molar-refractivity contribution >= 4 is 0 Å². The predicted octanol–water partition coefficient (Wildman–Crippen LogP) is 0.408. The minimum absolute atomic E-state index is 0.188. The molecule has 0 saturated carbocycles. The molecule has 5 heteroatoms. The molecule has 0 aromatic rings. The third-order valence-corrected chi connectivity index (χ3v) is 3.66. The smallest absolute Gasteiger partial charge is 0.188 e. The molecule has 2 rings (SSSR count). The summed E-state index contributed by atoms with van der Waals surface area (Å²) < 4.78 is 17.0. The van der Waals surface area contributed by atoms with Gasteiger partial charge >= 0.3 is 0 Å². The van der Waals surface area contributed by atoms with Crippen molar-refractivity contribution in [3.05, 3.63) is 12.7 Å². The van der Waals surface area contributed by atoms with Crippen LogP contribution in [-0.2, 0) is 14.2 Å². The van der Waals surface area contributed by atoms with Crippen molar-refractivity contribution in [3.8, 4) is 0 Å². The molecule has 2 N–H and O–H groups in total. The summed E-state index contributed by atoms with van der Waals surface area (Å²) in [5.41, 5.74) is -1.09. The van der Waals surface area contributed by atoms with E-state index in [4.69, 9.17) is 14.2 Å². The van der Waals surface area contributed by atoms with Gasteiger partial charge in [0.15, 0.2) is 12.1 Å². The number of aliphatic hydroxyl groups is 2. The van der Waals surface area contributed by atoms with Gasteiger partial charge in [-0.3, -0.25) is 0 Å². The van der Waals surface area contributed by atoms with Gasteiger partial charge in [0.2, 0.25) is 0 Å². The van der Waals surface area contributed by atoms with E-state index in [1.165, 1.54) is 6.08 Å². The number of hydrogen-bond acceptors (Lipinski definition) is 5. The molecule has 2 heterocycles. The second kappa shape index (κ2) is 4.03. The van der Waals surface area contributed by atoms with E-state index in [1.54, 1.807) is 0 Å². The molecule has 0 bridgehead atoms. The Hall–Kier alpha value is -0.460. The predicted molar refractivity (Wildman–Crippen MR) is 60.1 cm³/mol. The monoisotopic (exact) mass is 244 g/mol. The summed E-state index contributed by atoms with van der Waals surface area (Å²) in [6, 6.07) is 0. The summed E-state index contributed by atoms with van der Waals surface area (Å²) in [4.78, 5) is 0. The molecule has 5 atom stereocenters. The molecule has 0 spiro atoms.